The normalized spacial score (nSPS) is 47.1. The first-order chi connectivity index (χ1) is 14.0. The van der Waals surface area contributed by atoms with Gasteiger partial charge in [-0.1, -0.05) is 61.2 Å². The van der Waals surface area contributed by atoms with Crippen LogP contribution in [0.4, 0.5) is 0 Å². The lowest BCUT2D eigenvalue weighted by Crippen LogP contribution is -2.53. The van der Waals surface area contributed by atoms with Gasteiger partial charge in [0.15, 0.2) is 0 Å². The first kappa shape index (κ1) is 23.3. The van der Waals surface area contributed by atoms with Gasteiger partial charge in [0.05, 0.1) is 11.7 Å². The highest BCUT2D eigenvalue weighted by Crippen LogP contribution is 2.68. The minimum absolute atomic E-state index is 0.130. The van der Waals surface area contributed by atoms with E-state index in [9.17, 15) is 10.2 Å². The molecule has 2 nitrogen and oxygen atoms in total. The zero-order valence-corrected chi connectivity index (χ0v) is 21.5. The summed E-state index contributed by atoms with van der Waals surface area (Å²) in [5, 5.41) is 20.4. The zero-order valence-electron chi connectivity index (χ0n) is 20.0. The third kappa shape index (κ3) is 3.98. The highest BCUT2D eigenvalue weighted by atomic mass is 79.9. The Hall–Kier alpha value is 0.140. The molecule has 4 aliphatic carbocycles. The molecule has 0 aromatic rings. The van der Waals surface area contributed by atoms with E-state index < -0.39 is 5.60 Å². The SMILES string of the molecule is C[C@H](CCCC(C)(C)O)[C@H]1CC[C@H]2[C@@H]3C(Br)C=C4C[C@@H](O)CC[C@]4(C)[C@H]3CC[C@]12C. The Morgan fingerprint density at radius 3 is 2.57 bits per heavy atom. The summed E-state index contributed by atoms with van der Waals surface area (Å²) in [4.78, 5) is 0.477. The standard InChI is InChI=1S/C27H45BrO2/c1-17(7-6-12-25(2,3)30)20-8-9-21-24-22(11-14-27(20,21)5)26(4)13-10-19(29)15-18(26)16-23(24)28/h16-17,19-24,29-30H,6-15H2,1-5H3/t17-,19+,20-,21+,22+,23?,24+,26+,27-/m1/s1. The molecule has 0 aliphatic heterocycles. The molecule has 0 radical (unpaired) electrons. The van der Waals surface area contributed by atoms with Crippen molar-refractivity contribution < 1.29 is 10.2 Å². The molecular weight excluding hydrogens is 436 g/mol. The number of rotatable bonds is 5. The van der Waals surface area contributed by atoms with Crippen LogP contribution in [0.5, 0.6) is 0 Å². The van der Waals surface area contributed by atoms with Crippen LogP contribution in [0, 0.1) is 40.4 Å². The van der Waals surface area contributed by atoms with E-state index in [4.69, 9.17) is 0 Å². The van der Waals surface area contributed by atoms with Crippen LogP contribution in [0.25, 0.3) is 0 Å². The first-order valence-electron chi connectivity index (χ1n) is 12.7. The summed E-state index contributed by atoms with van der Waals surface area (Å²) in [6.07, 6.45) is 14.3. The van der Waals surface area contributed by atoms with Crippen molar-refractivity contribution in [3.05, 3.63) is 11.6 Å². The van der Waals surface area contributed by atoms with Gasteiger partial charge in [0.2, 0.25) is 0 Å². The van der Waals surface area contributed by atoms with Crippen LogP contribution in [-0.2, 0) is 0 Å². The van der Waals surface area contributed by atoms with E-state index in [1.54, 1.807) is 5.57 Å². The monoisotopic (exact) mass is 480 g/mol. The number of fused-ring (bicyclic) bond motifs is 5. The molecule has 0 aromatic heterocycles. The van der Waals surface area contributed by atoms with Crippen molar-refractivity contribution in [3.63, 3.8) is 0 Å². The van der Waals surface area contributed by atoms with Crippen molar-refractivity contribution in [2.45, 2.75) is 115 Å². The predicted octanol–water partition coefficient (Wildman–Crippen LogP) is 6.88. The van der Waals surface area contributed by atoms with E-state index in [1.807, 2.05) is 13.8 Å². The van der Waals surface area contributed by atoms with Crippen LogP contribution in [0.15, 0.2) is 11.6 Å². The second-order valence-electron chi connectivity index (χ2n) is 12.7. The zero-order chi connectivity index (χ0) is 21.9. The maximum Gasteiger partial charge on any atom is 0.0591 e. The van der Waals surface area contributed by atoms with Crippen LogP contribution in [0.2, 0.25) is 0 Å². The van der Waals surface area contributed by atoms with Crippen LogP contribution < -0.4 is 0 Å². The summed E-state index contributed by atoms with van der Waals surface area (Å²) in [5.41, 5.74) is 1.80. The van der Waals surface area contributed by atoms with Crippen LogP contribution >= 0.6 is 15.9 Å². The minimum Gasteiger partial charge on any atom is -0.393 e. The number of aliphatic hydroxyl groups excluding tert-OH is 1. The summed E-state index contributed by atoms with van der Waals surface area (Å²) in [6.45, 7) is 11.5. The largest absolute Gasteiger partial charge is 0.393 e. The third-order valence-electron chi connectivity index (χ3n) is 10.3. The number of hydrogen-bond acceptors (Lipinski definition) is 2. The van der Waals surface area contributed by atoms with Crippen LogP contribution in [-0.4, -0.2) is 26.7 Å². The lowest BCUT2D eigenvalue weighted by Gasteiger charge is -2.59. The molecule has 0 spiro atoms. The van der Waals surface area contributed by atoms with Gasteiger partial charge in [0.1, 0.15) is 0 Å². The highest BCUT2D eigenvalue weighted by Gasteiger charge is 2.60. The van der Waals surface area contributed by atoms with Gasteiger partial charge in [-0.25, -0.2) is 0 Å². The maximum atomic E-state index is 10.3. The second-order valence-corrected chi connectivity index (χ2v) is 13.7. The van der Waals surface area contributed by atoms with Crippen molar-refractivity contribution in [1.29, 1.82) is 0 Å². The number of hydrogen-bond donors (Lipinski definition) is 2. The van der Waals surface area contributed by atoms with E-state index in [0.717, 1.165) is 55.3 Å². The lowest BCUT2D eigenvalue weighted by molar-refractivity contribution is -0.0546. The van der Waals surface area contributed by atoms with Gasteiger partial charge in [0.25, 0.3) is 0 Å². The Morgan fingerprint density at radius 1 is 1.13 bits per heavy atom. The Morgan fingerprint density at radius 2 is 1.87 bits per heavy atom. The quantitative estimate of drug-likeness (QED) is 0.332. The molecule has 0 saturated heterocycles. The predicted molar refractivity (Wildman–Crippen MR) is 129 cm³/mol. The van der Waals surface area contributed by atoms with E-state index in [1.165, 1.54) is 38.5 Å². The van der Waals surface area contributed by atoms with E-state index in [-0.39, 0.29) is 6.10 Å². The molecule has 2 N–H and O–H groups in total. The Labute approximate surface area is 193 Å². The Balaban J connectivity index is 1.52. The molecule has 9 atom stereocenters. The summed E-state index contributed by atoms with van der Waals surface area (Å²) >= 11 is 4.13. The van der Waals surface area contributed by atoms with Crippen molar-refractivity contribution in [2.24, 2.45) is 40.4 Å². The molecule has 3 fully saturated rings. The molecule has 3 saturated carbocycles. The van der Waals surface area contributed by atoms with Gasteiger partial charge in [-0.3, -0.25) is 0 Å². The fourth-order valence-corrected chi connectivity index (χ4v) is 9.67. The average molecular weight is 482 g/mol. The van der Waals surface area contributed by atoms with E-state index >= 15 is 0 Å². The van der Waals surface area contributed by atoms with Gasteiger partial charge in [0, 0.05) is 4.83 Å². The molecule has 0 amide bonds. The molecule has 0 aromatic carbocycles. The molecule has 3 heteroatoms. The molecule has 0 heterocycles. The number of allylic oxidation sites excluding steroid dienone is 1. The molecule has 4 rings (SSSR count). The number of halogens is 1. The number of alkyl halides is 1. The van der Waals surface area contributed by atoms with Crippen molar-refractivity contribution in [3.8, 4) is 0 Å². The molecule has 30 heavy (non-hydrogen) atoms. The van der Waals surface area contributed by atoms with Gasteiger partial charge >= 0.3 is 0 Å². The molecular formula is C27H45BrO2. The fraction of sp³-hybridized carbons (Fsp3) is 0.926. The van der Waals surface area contributed by atoms with Crippen LogP contribution in [0.3, 0.4) is 0 Å². The topological polar surface area (TPSA) is 40.5 Å². The summed E-state index contributed by atoms with van der Waals surface area (Å²) in [5.74, 6) is 3.93. The maximum absolute atomic E-state index is 10.3. The fourth-order valence-electron chi connectivity index (χ4n) is 8.62. The van der Waals surface area contributed by atoms with E-state index in [0.29, 0.717) is 15.7 Å². The van der Waals surface area contributed by atoms with Crippen LogP contribution in [0.1, 0.15) is 98.8 Å². The molecule has 0 bridgehead atoms. The first-order valence-corrected chi connectivity index (χ1v) is 13.6. The van der Waals surface area contributed by atoms with E-state index in [2.05, 4.69) is 42.8 Å². The second kappa shape index (κ2) is 8.17. The van der Waals surface area contributed by atoms with Gasteiger partial charge in [-0.15, -0.1) is 0 Å². The third-order valence-corrected chi connectivity index (χ3v) is 11.1. The smallest absolute Gasteiger partial charge is 0.0591 e. The Kier molecular flexibility index (Phi) is 6.35. The van der Waals surface area contributed by atoms with Crippen molar-refractivity contribution >= 4 is 15.9 Å². The summed E-state index contributed by atoms with van der Waals surface area (Å²) in [7, 11) is 0. The van der Waals surface area contributed by atoms with Crippen molar-refractivity contribution in [1.82, 2.24) is 0 Å². The molecule has 4 aliphatic rings. The highest BCUT2D eigenvalue weighted by molar-refractivity contribution is 9.09. The summed E-state index contributed by atoms with van der Waals surface area (Å²) < 4.78 is 0. The van der Waals surface area contributed by atoms with Gasteiger partial charge in [-0.2, -0.15) is 0 Å². The minimum atomic E-state index is -0.530. The van der Waals surface area contributed by atoms with Gasteiger partial charge < -0.3 is 10.2 Å². The van der Waals surface area contributed by atoms with Crippen molar-refractivity contribution in [2.75, 3.05) is 0 Å². The molecule has 172 valence electrons. The Bertz CT molecular complexity index is 666. The summed E-state index contributed by atoms with van der Waals surface area (Å²) in [6, 6.07) is 0. The number of aliphatic hydroxyl groups is 2. The van der Waals surface area contributed by atoms with Gasteiger partial charge in [-0.05, 0) is 106 Å². The lowest BCUT2D eigenvalue weighted by atomic mass is 9.47. The molecule has 1 unspecified atom stereocenters. The average Bonchev–Trinajstić information content (AvgIpc) is 2.99.